The average molecular weight is 346 g/mol. The van der Waals surface area contributed by atoms with Crippen molar-refractivity contribution in [3.63, 3.8) is 0 Å². The third kappa shape index (κ3) is 3.08. The maximum Gasteiger partial charge on any atom is 0.0880 e. The molecular weight excluding hydrogens is 322 g/mol. The van der Waals surface area contributed by atoms with E-state index in [9.17, 15) is 0 Å². The predicted molar refractivity (Wildman–Crippen MR) is 81.7 cm³/mol. The normalized spacial score (nSPS) is 20.1. The second kappa shape index (κ2) is 6.56. The Hall–Kier alpha value is -0.430. The zero-order valence-corrected chi connectivity index (χ0v) is 14.1. The molecule has 6 heteroatoms. The van der Waals surface area contributed by atoms with Gasteiger partial charge in [-0.15, -0.1) is 0 Å². The molecular formula is C14H24BrN3O2. The van der Waals surface area contributed by atoms with Crippen LogP contribution in [-0.2, 0) is 22.9 Å². The maximum atomic E-state index is 6.51. The molecule has 1 aromatic heterocycles. The van der Waals surface area contributed by atoms with E-state index in [0.717, 1.165) is 48.3 Å². The molecule has 0 amide bonds. The van der Waals surface area contributed by atoms with Gasteiger partial charge in [0.05, 0.1) is 21.5 Å². The molecule has 1 atom stereocenters. The number of rotatable bonds is 5. The Kier molecular flexibility index (Phi) is 5.23. The van der Waals surface area contributed by atoms with Gasteiger partial charge in [-0.25, -0.2) is 0 Å². The van der Waals surface area contributed by atoms with E-state index in [0.29, 0.717) is 6.61 Å². The monoisotopic (exact) mass is 345 g/mol. The van der Waals surface area contributed by atoms with Gasteiger partial charge >= 0.3 is 0 Å². The summed E-state index contributed by atoms with van der Waals surface area (Å²) in [7, 11) is 1.96. The molecule has 114 valence electrons. The number of ether oxygens (including phenoxy) is 2. The largest absolute Gasteiger partial charge is 0.381 e. The molecule has 1 aliphatic rings. The highest BCUT2D eigenvalue weighted by Gasteiger charge is 2.40. The number of aryl methyl sites for hydroxylation is 2. The quantitative estimate of drug-likeness (QED) is 0.885. The summed E-state index contributed by atoms with van der Waals surface area (Å²) in [6.45, 7) is 6.14. The van der Waals surface area contributed by atoms with Crippen LogP contribution in [0, 0.1) is 6.92 Å². The standard InChI is InChI=1S/C14H24BrN3O2/c1-4-20-14(5-7-19-8-6-14)12(16)9-11-13(15)10(2)17-18(11)3/h12H,4-9,16H2,1-3H3. The summed E-state index contributed by atoms with van der Waals surface area (Å²) in [5.74, 6) is 0. The zero-order chi connectivity index (χ0) is 14.8. The van der Waals surface area contributed by atoms with Crippen LogP contribution in [0.25, 0.3) is 0 Å². The molecule has 1 aliphatic heterocycles. The lowest BCUT2D eigenvalue weighted by Gasteiger charge is -2.41. The summed E-state index contributed by atoms with van der Waals surface area (Å²) in [6, 6.07) is -0.0579. The van der Waals surface area contributed by atoms with E-state index < -0.39 is 0 Å². The van der Waals surface area contributed by atoms with Crippen molar-refractivity contribution in [3.8, 4) is 0 Å². The molecule has 2 heterocycles. The van der Waals surface area contributed by atoms with E-state index in [1.54, 1.807) is 0 Å². The van der Waals surface area contributed by atoms with E-state index in [1.807, 2.05) is 25.6 Å². The second-order valence-electron chi connectivity index (χ2n) is 5.39. The fraction of sp³-hybridized carbons (Fsp3) is 0.786. The van der Waals surface area contributed by atoms with Crippen LogP contribution >= 0.6 is 15.9 Å². The van der Waals surface area contributed by atoms with Crippen LogP contribution in [0.15, 0.2) is 4.47 Å². The first-order valence-electron chi connectivity index (χ1n) is 7.15. The number of hydrogen-bond acceptors (Lipinski definition) is 4. The minimum absolute atomic E-state index is 0.0579. The van der Waals surface area contributed by atoms with Gasteiger partial charge in [0, 0.05) is 52.2 Å². The van der Waals surface area contributed by atoms with Crippen molar-refractivity contribution in [1.29, 1.82) is 0 Å². The molecule has 1 aromatic rings. The molecule has 1 saturated heterocycles. The zero-order valence-electron chi connectivity index (χ0n) is 12.5. The van der Waals surface area contributed by atoms with Crippen molar-refractivity contribution in [1.82, 2.24) is 9.78 Å². The van der Waals surface area contributed by atoms with Gasteiger partial charge in [0.2, 0.25) is 0 Å². The Morgan fingerprint density at radius 3 is 2.65 bits per heavy atom. The van der Waals surface area contributed by atoms with Gasteiger partial charge in [-0.1, -0.05) is 0 Å². The minimum atomic E-state index is -0.273. The van der Waals surface area contributed by atoms with Gasteiger partial charge in [0.1, 0.15) is 0 Å². The van der Waals surface area contributed by atoms with E-state index in [4.69, 9.17) is 15.2 Å². The van der Waals surface area contributed by atoms with Crippen molar-refractivity contribution in [2.24, 2.45) is 12.8 Å². The van der Waals surface area contributed by atoms with E-state index in [1.165, 1.54) is 0 Å². The second-order valence-corrected chi connectivity index (χ2v) is 6.18. The third-order valence-corrected chi connectivity index (χ3v) is 5.15. The lowest BCUT2D eigenvalue weighted by Crippen LogP contribution is -2.54. The van der Waals surface area contributed by atoms with Crippen LogP contribution in [0.1, 0.15) is 31.2 Å². The molecule has 20 heavy (non-hydrogen) atoms. The van der Waals surface area contributed by atoms with Gasteiger partial charge in [-0.05, 0) is 29.8 Å². The maximum absolute atomic E-state index is 6.51. The van der Waals surface area contributed by atoms with E-state index >= 15 is 0 Å². The number of halogens is 1. The summed E-state index contributed by atoms with van der Waals surface area (Å²) in [4.78, 5) is 0. The highest BCUT2D eigenvalue weighted by atomic mass is 79.9. The van der Waals surface area contributed by atoms with Gasteiger partial charge < -0.3 is 15.2 Å². The van der Waals surface area contributed by atoms with Crippen LogP contribution in [0.5, 0.6) is 0 Å². The average Bonchev–Trinajstić information content (AvgIpc) is 2.67. The van der Waals surface area contributed by atoms with Gasteiger partial charge in [-0.3, -0.25) is 4.68 Å². The van der Waals surface area contributed by atoms with Crippen LogP contribution in [0.3, 0.4) is 0 Å². The third-order valence-electron chi connectivity index (χ3n) is 4.12. The molecule has 0 radical (unpaired) electrons. The lowest BCUT2D eigenvalue weighted by atomic mass is 9.84. The Bertz CT molecular complexity index is 450. The number of aromatic nitrogens is 2. The summed E-state index contributed by atoms with van der Waals surface area (Å²) in [6.07, 6.45) is 2.46. The van der Waals surface area contributed by atoms with Gasteiger partial charge in [0.25, 0.3) is 0 Å². The minimum Gasteiger partial charge on any atom is -0.381 e. The Morgan fingerprint density at radius 2 is 2.15 bits per heavy atom. The van der Waals surface area contributed by atoms with Gasteiger partial charge in [-0.2, -0.15) is 5.10 Å². The first kappa shape index (κ1) is 15.9. The smallest absolute Gasteiger partial charge is 0.0880 e. The Labute approximate surface area is 128 Å². The van der Waals surface area contributed by atoms with Crippen molar-refractivity contribution in [2.75, 3.05) is 19.8 Å². The molecule has 0 bridgehead atoms. The highest BCUT2D eigenvalue weighted by molar-refractivity contribution is 9.10. The van der Waals surface area contributed by atoms with Crippen molar-refractivity contribution < 1.29 is 9.47 Å². The Balaban J connectivity index is 2.17. The molecule has 0 aromatic carbocycles. The SMILES string of the molecule is CCOC1(C(N)Cc2c(Br)c(C)nn2C)CCOCC1. The first-order chi connectivity index (χ1) is 9.50. The molecule has 5 nitrogen and oxygen atoms in total. The predicted octanol–water partition coefficient (Wildman–Crippen LogP) is 1.95. The molecule has 0 aliphatic carbocycles. The van der Waals surface area contributed by atoms with Crippen molar-refractivity contribution >= 4 is 15.9 Å². The fourth-order valence-corrected chi connectivity index (χ4v) is 3.42. The first-order valence-corrected chi connectivity index (χ1v) is 7.94. The van der Waals surface area contributed by atoms with Crippen LogP contribution in [0.4, 0.5) is 0 Å². The van der Waals surface area contributed by atoms with Crippen molar-refractivity contribution in [3.05, 3.63) is 15.9 Å². The number of hydrogen-bond donors (Lipinski definition) is 1. The molecule has 2 N–H and O–H groups in total. The number of nitrogens with zero attached hydrogens (tertiary/aromatic N) is 2. The summed E-state index contributed by atoms with van der Waals surface area (Å²) in [5, 5.41) is 4.43. The lowest BCUT2D eigenvalue weighted by molar-refractivity contribution is -0.120. The fourth-order valence-electron chi connectivity index (χ4n) is 2.92. The van der Waals surface area contributed by atoms with E-state index in [-0.39, 0.29) is 11.6 Å². The van der Waals surface area contributed by atoms with Crippen molar-refractivity contribution in [2.45, 2.75) is 44.8 Å². The van der Waals surface area contributed by atoms with Crippen LogP contribution in [0.2, 0.25) is 0 Å². The molecule has 0 spiro atoms. The van der Waals surface area contributed by atoms with E-state index in [2.05, 4.69) is 21.0 Å². The van der Waals surface area contributed by atoms with Crippen LogP contribution in [-0.4, -0.2) is 41.2 Å². The van der Waals surface area contributed by atoms with Gasteiger partial charge in [0.15, 0.2) is 0 Å². The topological polar surface area (TPSA) is 62.3 Å². The van der Waals surface area contributed by atoms with Crippen LogP contribution < -0.4 is 5.73 Å². The molecule has 1 fully saturated rings. The Morgan fingerprint density at radius 1 is 1.50 bits per heavy atom. The molecule has 2 rings (SSSR count). The highest BCUT2D eigenvalue weighted by Crippen LogP contribution is 2.31. The molecule has 0 saturated carbocycles. The molecule has 1 unspecified atom stereocenters. The summed E-state index contributed by atoms with van der Waals surface area (Å²) >= 11 is 3.61. The number of nitrogens with two attached hydrogens (primary N) is 1. The summed E-state index contributed by atoms with van der Waals surface area (Å²) in [5.41, 5.74) is 8.35. The summed E-state index contributed by atoms with van der Waals surface area (Å²) < 4.78 is 14.5.